The molecule has 1 N–H and O–H groups in total. The van der Waals surface area contributed by atoms with Crippen molar-refractivity contribution in [3.8, 4) is 0 Å². The minimum absolute atomic E-state index is 0.771. The van der Waals surface area contributed by atoms with Crippen molar-refractivity contribution in [1.29, 1.82) is 0 Å². The normalized spacial score (nSPS) is 31.2. The van der Waals surface area contributed by atoms with Gasteiger partial charge < -0.3 is 15.1 Å². The second-order valence-corrected chi connectivity index (χ2v) is 5.28. The summed E-state index contributed by atoms with van der Waals surface area (Å²) < 4.78 is 0. The molecule has 2 aliphatic rings. The van der Waals surface area contributed by atoms with E-state index in [1.54, 1.807) is 0 Å². The van der Waals surface area contributed by atoms with E-state index in [-0.39, 0.29) is 0 Å². The summed E-state index contributed by atoms with van der Waals surface area (Å²) in [5, 5.41) is 3.39. The van der Waals surface area contributed by atoms with Crippen LogP contribution in [0.4, 0.5) is 0 Å². The lowest BCUT2D eigenvalue weighted by atomic mass is 10.0. The Bertz CT molecular complexity index is 187. The highest BCUT2D eigenvalue weighted by molar-refractivity contribution is 4.80. The fourth-order valence-corrected chi connectivity index (χ4v) is 2.94. The molecule has 0 radical (unpaired) electrons. The van der Waals surface area contributed by atoms with Crippen LogP contribution in [0.25, 0.3) is 0 Å². The molecule has 2 fully saturated rings. The maximum atomic E-state index is 3.39. The predicted octanol–water partition coefficient (Wildman–Crippen LogP) is 0.622. The Hall–Kier alpha value is -0.120. The van der Waals surface area contributed by atoms with E-state index in [1.165, 1.54) is 52.0 Å². The molecule has 88 valence electrons. The van der Waals surface area contributed by atoms with E-state index >= 15 is 0 Å². The molecule has 0 amide bonds. The number of nitrogens with zero attached hydrogens (tertiary/aromatic N) is 2. The maximum Gasteiger partial charge on any atom is 0.00884 e. The molecule has 0 aromatic rings. The first-order valence-electron chi connectivity index (χ1n) is 6.36. The number of rotatable bonds is 3. The largest absolute Gasteiger partial charge is 0.317 e. The second-order valence-electron chi connectivity index (χ2n) is 5.28. The Kier molecular flexibility index (Phi) is 4.00. The van der Waals surface area contributed by atoms with Gasteiger partial charge in [0.25, 0.3) is 0 Å². The lowest BCUT2D eigenvalue weighted by molar-refractivity contribution is 0.175. The molecule has 2 aliphatic heterocycles. The molecule has 0 bridgehead atoms. The van der Waals surface area contributed by atoms with Crippen LogP contribution in [0.5, 0.6) is 0 Å². The Morgan fingerprint density at radius 3 is 2.40 bits per heavy atom. The molecule has 2 saturated heterocycles. The van der Waals surface area contributed by atoms with Crippen LogP contribution in [0.3, 0.4) is 0 Å². The van der Waals surface area contributed by atoms with Crippen LogP contribution in [-0.2, 0) is 0 Å². The molecule has 2 heterocycles. The highest BCUT2D eigenvalue weighted by atomic mass is 15.2. The third kappa shape index (κ3) is 3.16. The van der Waals surface area contributed by atoms with Gasteiger partial charge in [0.15, 0.2) is 0 Å². The van der Waals surface area contributed by atoms with Crippen molar-refractivity contribution >= 4 is 0 Å². The third-order valence-corrected chi connectivity index (χ3v) is 4.00. The smallest absolute Gasteiger partial charge is 0.00884 e. The van der Waals surface area contributed by atoms with E-state index < -0.39 is 0 Å². The zero-order chi connectivity index (χ0) is 10.7. The topological polar surface area (TPSA) is 18.5 Å². The fourth-order valence-electron chi connectivity index (χ4n) is 2.94. The van der Waals surface area contributed by atoms with Gasteiger partial charge in [-0.1, -0.05) is 0 Å². The van der Waals surface area contributed by atoms with E-state index in [0.717, 1.165) is 12.0 Å². The standard InChI is InChI=1S/C12H25N3/c1-13-12-4-7-15(8-5-12)10-11-3-6-14(2)9-11/h11-13H,3-10H2,1-2H3. The van der Waals surface area contributed by atoms with Crippen molar-refractivity contribution in [2.24, 2.45) is 5.92 Å². The highest BCUT2D eigenvalue weighted by Crippen LogP contribution is 2.18. The molecule has 0 spiro atoms. The van der Waals surface area contributed by atoms with Crippen LogP contribution >= 0.6 is 0 Å². The molecule has 0 saturated carbocycles. The van der Waals surface area contributed by atoms with Crippen LogP contribution in [0.15, 0.2) is 0 Å². The summed E-state index contributed by atoms with van der Waals surface area (Å²) in [4.78, 5) is 5.13. The molecule has 2 rings (SSSR count). The van der Waals surface area contributed by atoms with Gasteiger partial charge in [0.2, 0.25) is 0 Å². The van der Waals surface area contributed by atoms with Crippen LogP contribution in [-0.4, -0.2) is 62.7 Å². The monoisotopic (exact) mass is 211 g/mol. The quantitative estimate of drug-likeness (QED) is 0.738. The zero-order valence-electron chi connectivity index (χ0n) is 10.2. The molecule has 1 unspecified atom stereocenters. The lowest BCUT2D eigenvalue weighted by Crippen LogP contribution is -2.43. The van der Waals surface area contributed by atoms with Gasteiger partial charge in [-0.3, -0.25) is 0 Å². The highest BCUT2D eigenvalue weighted by Gasteiger charge is 2.24. The van der Waals surface area contributed by atoms with E-state index in [1.807, 2.05) is 0 Å². The van der Waals surface area contributed by atoms with Gasteiger partial charge in [0.05, 0.1) is 0 Å². The molecule has 1 atom stereocenters. The van der Waals surface area contributed by atoms with Crippen molar-refractivity contribution in [1.82, 2.24) is 15.1 Å². The Morgan fingerprint density at radius 2 is 1.87 bits per heavy atom. The van der Waals surface area contributed by atoms with E-state index in [2.05, 4.69) is 29.2 Å². The molecule has 0 aromatic carbocycles. The number of hydrogen-bond donors (Lipinski definition) is 1. The summed E-state index contributed by atoms with van der Waals surface area (Å²) in [5.74, 6) is 0.932. The minimum Gasteiger partial charge on any atom is -0.317 e. The summed E-state index contributed by atoms with van der Waals surface area (Å²) in [5.41, 5.74) is 0. The first-order valence-corrected chi connectivity index (χ1v) is 6.36. The lowest BCUT2D eigenvalue weighted by Gasteiger charge is -2.33. The molecule has 15 heavy (non-hydrogen) atoms. The number of piperidine rings is 1. The molecule has 3 nitrogen and oxygen atoms in total. The predicted molar refractivity (Wildman–Crippen MR) is 64.1 cm³/mol. The SMILES string of the molecule is CNC1CCN(CC2CCN(C)C2)CC1. The average molecular weight is 211 g/mol. The van der Waals surface area contributed by atoms with Crippen molar-refractivity contribution < 1.29 is 0 Å². The third-order valence-electron chi connectivity index (χ3n) is 4.00. The van der Waals surface area contributed by atoms with E-state index in [0.29, 0.717) is 0 Å². The Labute approximate surface area is 93.8 Å². The van der Waals surface area contributed by atoms with Gasteiger partial charge in [-0.15, -0.1) is 0 Å². The Balaban J connectivity index is 1.68. The van der Waals surface area contributed by atoms with Crippen molar-refractivity contribution in [2.75, 3.05) is 46.8 Å². The van der Waals surface area contributed by atoms with Crippen LogP contribution < -0.4 is 5.32 Å². The number of hydrogen-bond acceptors (Lipinski definition) is 3. The number of likely N-dealkylation sites (tertiary alicyclic amines) is 2. The molecule has 3 heteroatoms. The zero-order valence-corrected chi connectivity index (χ0v) is 10.2. The van der Waals surface area contributed by atoms with Crippen molar-refractivity contribution in [3.05, 3.63) is 0 Å². The summed E-state index contributed by atoms with van der Waals surface area (Å²) in [6, 6.07) is 0.771. The number of nitrogens with one attached hydrogen (secondary N) is 1. The van der Waals surface area contributed by atoms with Crippen LogP contribution in [0.2, 0.25) is 0 Å². The van der Waals surface area contributed by atoms with Gasteiger partial charge in [-0.25, -0.2) is 0 Å². The molecule has 0 aliphatic carbocycles. The first kappa shape index (κ1) is 11.4. The van der Waals surface area contributed by atoms with Crippen molar-refractivity contribution in [3.63, 3.8) is 0 Å². The molecular formula is C12H25N3. The second kappa shape index (κ2) is 5.28. The summed E-state index contributed by atoms with van der Waals surface area (Å²) >= 11 is 0. The van der Waals surface area contributed by atoms with E-state index in [4.69, 9.17) is 0 Å². The van der Waals surface area contributed by atoms with Gasteiger partial charge in [-0.2, -0.15) is 0 Å². The van der Waals surface area contributed by atoms with Crippen LogP contribution in [0, 0.1) is 5.92 Å². The first-order chi connectivity index (χ1) is 7.28. The van der Waals surface area contributed by atoms with Gasteiger partial charge >= 0.3 is 0 Å². The average Bonchev–Trinajstić information content (AvgIpc) is 2.65. The van der Waals surface area contributed by atoms with Crippen molar-refractivity contribution in [2.45, 2.75) is 25.3 Å². The Morgan fingerprint density at radius 1 is 1.13 bits per heavy atom. The minimum atomic E-state index is 0.771. The van der Waals surface area contributed by atoms with E-state index in [9.17, 15) is 0 Å². The molecular weight excluding hydrogens is 186 g/mol. The summed E-state index contributed by atoms with van der Waals surface area (Å²) in [6.07, 6.45) is 4.07. The van der Waals surface area contributed by atoms with Crippen LogP contribution in [0.1, 0.15) is 19.3 Å². The van der Waals surface area contributed by atoms with Gasteiger partial charge in [0, 0.05) is 19.1 Å². The van der Waals surface area contributed by atoms with Gasteiger partial charge in [0.1, 0.15) is 0 Å². The summed E-state index contributed by atoms with van der Waals surface area (Å²) in [6.45, 7) is 6.54. The summed E-state index contributed by atoms with van der Waals surface area (Å²) in [7, 11) is 4.33. The molecule has 0 aromatic heterocycles. The van der Waals surface area contributed by atoms with Gasteiger partial charge in [-0.05, 0) is 58.9 Å². The maximum absolute atomic E-state index is 3.39. The fraction of sp³-hybridized carbons (Fsp3) is 1.00.